The van der Waals surface area contributed by atoms with Gasteiger partial charge in [0, 0.05) is 0 Å². The van der Waals surface area contributed by atoms with Crippen LogP contribution in [-0.2, 0) is 4.79 Å². The van der Waals surface area contributed by atoms with E-state index in [1.807, 2.05) is 38.1 Å². The largest absolute Gasteiger partial charge is 0.481 e. The first-order valence-electron chi connectivity index (χ1n) is 8.63. The number of ether oxygens (including phenoxy) is 1. The van der Waals surface area contributed by atoms with Gasteiger partial charge in [-0.15, -0.1) is 0 Å². The van der Waals surface area contributed by atoms with E-state index in [4.69, 9.17) is 4.74 Å². The molecular formula is C21H27NO2. The summed E-state index contributed by atoms with van der Waals surface area (Å²) < 4.78 is 5.89. The molecule has 0 aromatic heterocycles. The molecule has 2 rings (SSSR count). The van der Waals surface area contributed by atoms with Gasteiger partial charge in [0.25, 0.3) is 5.91 Å². The van der Waals surface area contributed by atoms with E-state index in [2.05, 4.69) is 43.4 Å². The van der Waals surface area contributed by atoms with Gasteiger partial charge in [0.1, 0.15) is 5.75 Å². The topological polar surface area (TPSA) is 38.3 Å². The Bertz CT molecular complexity index is 664. The van der Waals surface area contributed by atoms with E-state index in [-0.39, 0.29) is 11.9 Å². The van der Waals surface area contributed by atoms with Gasteiger partial charge in [-0.2, -0.15) is 0 Å². The quantitative estimate of drug-likeness (QED) is 0.799. The zero-order valence-corrected chi connectivity index (χ0v) is 15.0. The number of rotatable bonds is 7. The first kappa shape index (κ1) is 18.1. The second-order valence-electron chi connectivity index (χ2n) is 6.21. The highest BCUT2D eigenvalue weighted by Crippen LogP contribution is 2.19. The van der Waals surface area contributed by atoms with E-state index in [1.54, 1.807) is 0 Å². The third-order valence-electron chi connectivity index (χ3n) is 4.14. The number of amides is 1. The van der Waals surface area contributed by atoms with Crippen LogP contribution in [0.25, 0.3) is 0 Å². The summed E-state index contributed by atoms with van der Waals surface area (Å²) in [7, 11) is 0. The van der Waals surface area contributed by atoms with Crippen molar-refractivity contribution in [2.24, 2.45) is 0 Å². The molecule has 1 N–H and O–H groups in total. The summed E-state index contributed by atoms with van der Waals surface area (Å²) in [6, 6.07) is 16.1. The maximum absolute atomic E-state index is 12.6. The Morgan fingerprint density at radius 2 is 1.71 bits per heavy atom. The number of hydrogen-bond acceptors (Lipinski definition) is 2. The average Bonchev–Trinajstić information content (AvgIpc) is 2.58. The molecule has 0 spiro atoms. The van der Waals surface area contributed by atoms with Gasteiger partial charge in [0.05, 0.1) is 6.04 Å². The number of carbonyl (C=O) groups is 1. The van der Waals surface area contributed by atoms with Crippen molar-refractivity contribution in [1.82, 2.24) is 5.32 Å². The van der Waals surface area contributed by atoms with Crippen LogP contribution in [0.1, 0.15) is 49.4 Å². The van der Waals surface area contributed by atoms with Crippen LogP contribution in [0.2, 0.25) is 0 Å². The maximum atomic E-state index is 12.6. The van der Waals surface area contributed by atoms with E-state index >= 15 is 0 Å². The molecule has 2 aromatic rings. The van der Waals surface area contributed by atoms with Gasteiger partial charge >= 0.3 is 0 Å². The molecule has 0 fully saturated rings. The standard InChI is InChI=1S/C21H27NO2/c1-5-19(17-12-10-15(3)11-13-17)22-21(23)20(6-2)24-18-9-7-8-16(4)14-18/h7-14,19-20H,5-6H2,1-4H3,(H,22,23)/t19-,20+/m1/s1. The lowest BCUT2D eigenvalue weighted by atomic mass is 10.0. The third-order valence-corrected chi connectivity index (χ3v) is 4.14. The Labute approximate surface area is 145 Å². The van der Waals surface area contributed by atoms with Crippen LogP contribution in [0.3, 0.4) is 0 Å². The van der Waals surface area contributed by atoms with Gasteiger partial charge in [-0.3, -0.25) is 4.79 Å². The number of aryl methyl sites for hydroxylation is 2. The lowest BCUT2D eigenvalue weighted by Gasteiger charge is -2.22. The molecule has 0 unspecified atom stereocenters. The van der Waals surface area contributed by atoms with E-state index in [0.29, 0.717) is 6.42 Å². The smallest absolute Gasteiger partial charge is 0.261 e. The molecule has 0 aliphatic rings. The SMILES string of the molecule is CC[C@H](Oc1cccc(C)c1)C(=O)N[C@H](CC)c1ccc(C)cc1. The second-order valence-corrected chi connectivity index (χ2v) is 6.21. The van der Waals surface area contributed by atoms with Crippen molar-refractivity contribution in [3.63, 3.8) is 0 Å². The van der Waals surface area contributed by atoms with Crippen molar-refractivity contribution in [1.29, 1.82) is 0 Å². The summed E-state index contributed by atoms with van der Waals surface area (Å²) in [5.41, 5.74) is 3.46. The molecule has 0 radical (unpaired) electrons. The van der Waals surface area contributed by atoms with Crippen LogP contribution in [-0.4, -0.2) is 12.0 Å². The summed E-state index contributed by atoms with van der Waals surface area (Å²) in [4.78, 5) is 12.6. The number of hydrogen-bond donors (Lipinski definition) is 1. The van der Waals surface area contributed by atoms with Gasteiger partial charge in [-0.1, -0.05) is 55.8 Å². The number of benzene rings is 2. The molecule has 2 atom stereocenters. The fraction of sp³-hybridized carbons (Fsp3) is 0.381. The van der Waals surface area contributed by atoms with Gasteiger partial charge < -0.3 is 10.1 Å². The van der Waals surface area contributed by atoms with Crippen molar-refractivity contribution >= 4 is 5.91 Å². The first-order chi connectivity index (χ1) is 11.5. The molecule has 0 aliphatic heterocycles. The van der Waals surface area contributed by atoms with Gasteiger partial charge in [-0.25, -0.2) is 0 Å². The van der Waals surface area contributed by atoms with Crippen LogP contribution in [0.5, 0.6) is 5.75 Å². The molecular weight excluding hydrogens is 298 g/mol. The molecule has 3 heteroatoms. The van der Waals surface area contributed by atoms with Crippen molar-refractivity contribution in [2.75, 3.05) is 0 Å². The lowest BCUT2D eigenvalue weighted by Crippen LogP contribution is -2.39. The predicted octanol–water partition coefficient (Wildman–Crippen LogP) is 4.73. The van der Waals surface area contributed by atoms with Crippen LogP contribution < -0.4 is 10.1 Å². The van der Waals surface area contributed by atoms with Gasteiger partial charge in [0.15, 0.2) is 6.10 Å². The highest BCUT2D eigenvalue weighted by molar-refractivity contribution is 5.81. The second kappa shape index (κ2) is 8.53. The molecule has 0 bridgehead atoms. The Balaban J connectivity index is 2.05. The monoisotopic (exact) mass is 325 g/mol. The summed E-state index contributed by atoms with van der Waals surface area (Å²) in [5.74, 6) is 0.673. The molecule has 24 heavy (non-hydrogen) atoms. The lowest BCUT2D eigenvalue weighted by molar-refractivity contribution is -0.128. The van der Waals surface area contributed by atoms with E-state index in [9.17, 15) is 4.79 Å². The Morgan fingerprint density at radius 1 is 1.00 bits per heavy atom. The fourth-order valence-electron chi connectivity index (χ4n) is 2.66. The zero-order valence-electron chi connectivity index (χ0n) is 15.0. The van der Waals surface area contributed by atoms with E-state index in [0.717, 1.165) is 23.3 Å². The van der Waals surface area contributed by atoms with Crippen molar-refractivity contribution in [2.45, 2.75) is 52.7 Å². The third kappa shape index (κ3) is 4.85. The summed E-state index contributed by atoms with van der Waals surface area (Å²) in [6.07, 6.45) is 0.992. The Hall–Kier alpha value is -2.29. The minimum absolute atomic E-state index is 0.00765. The molecule has 2 aromatic carbocycles. The Kier molecular flexibility index (Phi) is 6.42. The minimum Gasteiger partial charge on any atom is -0.481 e. The molecule has 128 valence electrons. The molecule has 0 saturated carbocycles. The van der Waals surface area contributed by atoms with Crippen LogP contribution in [0.15, 0.2) is 48.5 Å². The summed E-state index contributed by atoms with van der Waals surface area (Å²) >= 11 is 0. The fourth-order valence-corrected chi connectivity index (χ4v) is 2.66. The summed E-state index contributed by atoms with van der Waals surface area (Å²) in [6.45, 7) is 8.12. The van der Waals surface area contributed by atoms with Crippen molar-refractivity contribution in [3.8, 4) is 5.75 Å². The first-order valence-corrected chi connectivity index (χ1v) is 8.63. The average molecular weight is 325 g/mol. The molecule has 3 nitrogen and oxygen atoms in total. The maximum Gasteiger partial charge on any atom is 0.261 e. The Morgan fingerprint density at radius 3 is 2.29 bits per heavy atom. The van der Waals surface area contributed by atoms with Gasteiger partial charge in [-0.05, 0) is 49.9 Å². The van der Waals surface area contributed by atoms with E-state index in [1.165, 1.54) is 5.56 Å². The van der Waals surface area contributed by atoms with Crippen molar-refractivity contribution in [3.05, 3.63) is 65.2 Å². The molecule has 0 saturated heterocycles. The van der Waals surface area contributed by atoms with Crippen molar-refractivity contribution < 1.29 is 9.53 Å². The van der Waals surface area contributed by atoms with Crippen LogP contribution in [0.4, 0.5) is 0 Å². The molecule has 0 heterocycles. The molecule has 1 amide bonds. The predicted molar refractivity (Wildman–Crippen MR) is 98.2 cm³/mol. The number of carbonyl (C=O) groups excluding carboxylic acids is 1. The highest BCUT2D eigenvalue weighted by atomic mass is 16.5. The summed E-state index contributed by atoms with van der Waals surface area (Å²) in [5, 5.41) is 3.12. The van der Waals surface area contributed by atoms with Gasteiger partial charge in [0.2, 0.25) is 0 Å². The number of nitrogens with one attached hydrogen (secondary N) is 1. The minimum atomic E-state index is -0.480. The van der Waals surface area contributed by atoms with Crippen LogP contribution >= 0.6 is 0 Å². The zero-order chi connectivity index (χ0) is 17.5. The van der Waals surface area contributed by atoms with E-state index < -0.39 is 6.10 Å². The normalized spacial score (nSPS) is 13.2. The molecule has 0 aliphatic carbocycles. The van der Waals surface area contributed by atoms with Crippen LogP contribution in [0, 0.1) is 13.8 Å². The highest BCUT2D eigenvalue weighted by Gasteiger charge is 2.21.